The summed E-state index contributed by atoms with van der Waals surface area (Å²) in [6, 6.07) is 8.74. The Kier molecular flexibility index (Phi) is 4.99. The van der Waals surface area contributed by atoms with E-state index in [1.807, 2.05) is 0 Å². The average molecular weight is 212 g/mol. The highest BCUT2D eigenvalue weighted by Gasteiger charge is 2.00. The number of rotatable bonds is 5. The monoisotopic (exact) mass is 211 g/mol. The third-order valence-corrected chi connectivity index (χ3v) is 2.78. The van der Waals surface area contributed by atoms with Crippen LogP contribution in [0.15, 0.2) is 24.3 Å². The Morgan fingerprint density at radius 3 is 2.71 bits per heavy atom. The van der Waals surface area contributed by atoms with Crippen molar-refractivity contribution in [2.75, 3.05) is 0 Å². The van der Waals surface area contributed by atoms with Crippen molar-refractivity contribution in [1.82, 2.24) is 0 Å². The minimum atomic E-state index is 0.328. The minimum Gasteiger partial charge on any atom is -0.328 e. The van der Waals surface area contributed by atoms with Gasteiger partial charge in [0, 0.05) is 11.9 Å². The minimum absolute atomic E-state index is 0.328. The molecule has 0 saturated carbocycles. The highest BCUT2D eigenvalue weighted by molar-refractivity contribution is 6.17. The molecule has 0 aliphatic carbocycles. The van der Waals surface area contributed by atoms with Gasteiger partial charge in [0.2, 0.25) is 0 Å². The van der Waals surface area contributed by atoms with Crippen LogP contribution in [0.5, 0.6) is 0 Å². The largest absolute Gasteiger partial charge is 0.328 e. The summed E-state index contributed by atoms with van der Waals surface area (Å²) >= 11 is 5.76. The number of nitrogens with two attached hydrogens (primary N) is 1. The van der Waals surface area contributed by atoms with E-state index in [0.29, 0.717) is 11.9 Å². The quantitative estimate of drug-likeness (QED) is 0.745. The maximum Gasteiger partial charge on any atom is 0.0474 e. The zero-order valence-electron chi connectivity index (χ0n) is 8.67. The molecule has 0 bridgehead atoms. The van der Waals surface area contributed by atoms with Crippen LogP contribution in [0.3, 0.4) is 0 Å². The van der Waals surface area contributed by atoms with E-state index in [1.54, 1.807) is 0 Å². The first-order valence-corrected chi connectivity index (χ1v) is 5.69. The van der Waals surface area contributed by atoms with Gasteiger partial charge in [0.05, 0.1) is 0 Å². The van der Waals surface area contributed by atoms with Crippen LogP contribution in [0.25, 0.3) is 0 Å². The molecule has 0 fully saturated rings. The molecular weight excluding hydrogens is 194 g/mol. The Morgan fingerprint density at radius 1 is 1.36 bits per heavy atom. The molecule has 78 valence electrons. The molecule has 0 spiro atoms. The molecule has 0 aliphatic rings. The van der Waals surface area contributed by atoms with Gasteiger partial charge in [-0.05, 0) is 30.4 Å². The van der Waals surface area contributed by atoms with Crippen LogP contribution in [0.2, 0.25) is 0 Å². The Hall–Kier alpha value is -0.530. The van der Waals surface area contributed by atoms with Crippen molar-refractivity contribution in [3.05, 3.63) is 35.4 Å². The Bertz CT molecular complexity index is 273. The summed E-state index contributed by atoms with van der Waals surface area (Å²) in [6.07, 6.45) is 3.16. The summed E-state index contributed by atoms with van der Waals surface area (Å²) < 4.78 is 0. The first-order chi connectivity index (χ1) is 6.76. The summed E-state index contributed by atoms with van der Waals surface area (Å²) in [6.45, 7) is 2.12. The van der Waals surface area contributed by atoms with Crippen molar-refractivity contribution in [1.29, 1.82) is 0 Å². The predicted octanol–water partition coefficient (Wildman–Crippen LogP) is 3.10. The SMILES string of the molecule is CCC(N)CCc1cccc(CCl)c1. The molecule has 0 heterocycles. The lowest BCUT2D eigenvalue weighted by Gasteiger charge is -2.08. The molecular formula is C12H18ClN. The summed E-state index contributed by atoms with van der Waals surface area (Å²) in [4.78, 5) is 0. The molecule has 1 aromatic rings. The van der Waals surface area contributed by atoms with Gasteiger partial charge in [-0.1, -0.05) is 31.2 Å². The fourth-order valence-electron chi connectivity index (χ4n) is 1.42. The van der Waals surface area contributed by atoms with Gasteiger partial charge in [-0.3, -0.25) is 0 Å². The van der Waals surface area contributed by atoms with Gasteiger partial charge in [-0.15, -0.1) is 11.6 Å². The van der Waals surface area contributed by atoms with Gasteiger partial charge in [0.15, 0.2) is 0 Å². The highest BCUT2D eigenvalue weighted by Crippen LogP contribution is 2.10. The van der Waals surface area contributed by atoms with Gasteiger partial charge in [-0.25, -0.2) is 0 Å². The van der Waals surface area contributed by atoms with Crippen molar-refractivity contribution in [2.45, 2.75) is 38.1 Å². The van der Waals surface area contributed by atoms with Crippen molar-refractivity contribution in [3.8, 4) is 0 Å². The van der Waals surface area contributed by atoms with Gasteiger partial charge in [-0.2, -0.15) is 0 Å². The van der Waals surface area contributed by atoms with Gasteiger partial charge in [0.1, 0.15) is 0 Å². The van der Waals surface area contributed by atoms with Crippen LogP contribution in [-0.4, -0.2) is 6.04 Å². The van der Waals surface area contributed by atoms with Crippen LogP contribution in [-0.2, 0) is 12.3 Å². The summed E-state index contributed by atoms with van der Waals surface area (Å²) in [5.41, 5.74) is 8.39. The third kappa shape index (κ3) is 3.69. The zero-order chi connectivity index (χ0) is 10.4. The van der Waals surface area contributed by atoms with Crippen LogP contribution in [0, 0.1) is 0 Å². The predicted molar refractivity (Wildman–Crippen MR) is 62.6 cm³/mol. The van der Waals surface area contributed by atoms with E-state index in [1.165, 1.54) is 11.1 Å². The van der Waals surface area contributed by atoms with Crippen molar-refractivity contribution in [3.63, 3.8) is 0 Å². The number of halogens is 1. The highest BCUT2D eigenvalue weighted by atomic mass is 35.5. The summed E-state index contributed by atoms with van der Waals surface area (Å²) in [5.74, 6) is 0.591. The maximum absolute atomic E-state index is 5.87. The molecule has 1 rings (SSSR count). The molecule has 1 atom stereocenters. The van der Waals surface area contributed by atoms with Crippen molar-refractivity contribution in [2.24, 2.45) is 5.73 Å². The second-order valence-electron chi connectivity index (χ2n) is 3.66. The molecule has 1 nitrogen and oxygen atoms in total. The molecule has 2 heteroatoms. The standard InChI is InChI=1S/C12H18ClN/c1-2-12(14)7-6-10-4-3-5-11(8-10)9-13/h3-5,8,12H,2,6-7,9,14H2,1H3. The summed E-state index contributed by atoms with van der Waals surface area (Å²) in [5, 5.41) is 0. The fourth-order valence-corrected chi connectivity index (χ4v) is 1.59. The zero-order valence-corrected chi connectivity index (χ0v) is 9.43. The molecule has 2 N–H and O–H groups in total. The smallest absolute Gasteiger partial charge is 0.0474 e. The van der Waals surface area contributed by atoms with Gasteiger partial charge >= 0.3 is 0 Å². The lowest BCUT2D eigenvalue weighted by Crippen LogP contribution is -2.19. The average Bonchev–Trinajstić information content (AvgIpc) is 2.26. The second kappa shape index (κ2) is 6.05. The first kappa shape index (κ1) is 11.5. The third-order valence-electron chi connectivity index (χ3n) is 2.47. The maximum atomic E-state index is 5.87. The molecule has 0 amide bonds. The second-order valence-corrected chi connectivity index (χ2v) is 3.93. The van der Waals surface area contributed by atoms with E-state index in [-0.39, 0.29) is 0 Å². The fraction of sp³-hybridized carbons (Fsp3) is 0.500. The topological polar surface area (TPSA) is 26.0 Å². The van der Waals surface area contributed by atoms with E-state index in [4.69, 9.17) is 17.3 Å². The molecule has 14 heavy (non-hydrogen) atoms. The van der Waals surface area contributed by atoms with Gasteiger partial charge in [0.25, 0.3) is 0 Å². The lowest BCUT2D eigenvalue weighted by atomic mass is 10.0. The van der Waals surface area contributed by atoms with Crippen molar-refractivity contribution >= 4 is 11.6 Å². The van der Waals surface area contributed by atoms with E-state index >= 15 is 0 Å². The first-order valence-electron chi connectivity index (χ1n) is 5.15. The lowest BCUT2D eigenvalue weighted by molar-refractivity contribution is 0.596. The van der Waals surface area contributed by atoms with Crippen LogP contribution >= 0.6 is 11.6 Å². The van der Waals surface area contributed by atoms with E-state index in [2.05, 4.69) is 31.2 Å². The normalized spacial score (nSPS) is 12.8. The molecule has 0 aliphatic heterocycles. The molecule has 1 aromatic carbocycles. The number of hydrogen-bond donors (Lipinski definition) is 1. The van der Waals surface area contributed by atoms with E-state index in [0.717, 1.165) is 19.3 Å². The summed E-state index contributed by atoms with van der Waals surface area (Å²) in [7, 11) is 0. The Balaban J connectivity index is 2.50. The molecule has 0 aromatic heterocycles. The molecule has 0 saturated heterocycles. The number of aryl methyl sites for hydroxylation is 1. The van der Waals surface area contributed by atoms with E-state index in [9.17, 15) is 0 Å². The molecule has 1 unspecified atom stereocenters. The Labute approximate surface area is 91.3 Å². The number of alkyl halides is 1. The molecule has 0 radical (unpaired) electrons. The van der Waals surface area contributed by atoms with E-state index < -0.39 is 0 Å². The van der Waals surface area contributed by atoms with Gasteiger partial charge < -0.3 is 5.73 Å². The van der Waals surface area contributed by atoms with Crippen LogP contribution < -0.4 is 5.73 Å². The van der Waals surface area contributed by atoms with Crippen LogP contribution in [0.4, 0.5) is 0 Å². The number of benzene rings is 1. The van der Waals surface area contributed by atoms with Crippen LogP contribution in [0.1, 0.15) is 30.9 Å². The number of hydrogen-bond acceptors (Lipinski definition) is 1. The van der Waals surface area contributed by atoms with Crippen molar-refractivity contribution < 1.29 is 0 Å². The Morgan fingerprint density at radius 2 is 2.07 bits per heavy atom.